The van der Waals surface area contributed by atoms with E-state index in [9.17, 15) is 14.4 Å². The van der Waals surface area contributed by atoms with Crippen LogP contribution in [0.1, 0.15) is 58.3 Å². The van der Waals surface area contributed by atoms with Crippen LogP contribution in [0.25, 0.3) is 21.8 Å². The molecule has 2 saturated heterocycles. The summed E-state index contributed by atoms with van der Waals surface area (Å²) in [5.74, 6) is 1.93. The monoisotopic (exact) mass is 605 g/mol. The predicted octanol–water partition coefficient (Wildman–Crippen LogP) is 6.35. The van der Waals surface area contributed by atoms with Crippen molar-refractivity contribution in [3.8, 4) is 17.2 Å². The Morgan fingerprint density at radius 2 is 1.35 bits per heavy atom. The highest BCUT2D eigenvalue weighted by Crippen LogP contribution is 2.36. The molecule has 2 fully saturated rings. The summed E-state index contributed by atoms with van der Waals surface area (Å²) in [7, 11) is 0. The van der Waals surface area contributed by atoms with Crippen LogP contribution in [0.15, 0.2) is 53.4 Å². The van der Waals surface area contributed by atoms with E-state index in [2.05, 4.69) is 6.92 Å². The minimum atomic E-state index is -1.74. The molecule has 11 heteroatoms. The highest BCUT2D eigenvalue weighted by atomic mass is 32.2. The molecule has 6 rings (SSSR count). The molecule has 0 amide bonds. The number of aromatic hydroxyl groups is 2. The molecule has 43 heavy (non-hydrogen) atoms. The summed E-state index contributed by atoms with van der Waals surface area (Å²) in [6.45, 7) is 5.99. The zero-order chi connectivity index (χ0) is 29.8. The molecule has 2 aliphatic heterocycles. The number of phenols is 2. The van der Waals surface area contributed by atoms with Gasteiger partial charge in [0.05, 0.1) is 4.90 Å². The standard InChI is InChI=1S/C32H39N5O5S/c1-2-3-22-37(29-16-10-23-27(14-12-25(38)31(23)33-29)41-35-18-6-4-7-19-35)30-17-11-24-28(15-13-26(39)32(24)34-30)43(40)42-36-20-8-5-9-21-36/h10-17,38-39H,2-9,18-22H2,1H3. The van der Waals surface area contributed by atoms with Gasteiger partial charge in [0.1, 0.15) is 34.2 Å². The lowest BCUT2D eigenvalue weighted by Crippen LogP contribution is -2.32. The van der Waals surface area contributed by atoms with Crippen molar-refractivity contribution >= 4 is 44.5 Å². The molecule has 1 atom stereocenters. The number of unbranched alkanes of at least 4 members (excludes halogenated alkanes) is 1. The summed E-state index contributed by atoms with van der Waals surface area (Å²) in [5, 5.41) is 26.6. The average molecular weight is 606 g/mol. The molecule has 2 aromatic carbocycles. The largest absolute Gasteiger partial charge is 0.506 e. The van der Waals surface area contributed by atoms with Gasteiger partial charge in [-0.15, -0.1) is 5.06 Å². The smallest absolute Gasteiger partial charge is 0.207 e. The maximum absolute atomic E-state index is 13.2. The number of piperidine rings is 2. The van der Waals surface area contributed by atoms with Gasteiger partial charge in [0.25, 0.3) is 0 Å². The molecule has 2 aliphatic rings. The summed E-state index contributed by atoms with van der Waals surface area (Å²) < 4.78 is 19.0. The summed E-state index contributed by atoms with van der Waals surface area (Å²) >= 11 is -1.74. The van der Waals surface area contributed by atoms with Gasteiger partial charge in [0.15, 0.2) is 5.75 Å². The second-order valence-corrected chi connectivity index (χ2v) is 12.2. The van der Waals surface area contributed by atoms with Crippen LogP contribution >= 0.6 is 0 Å². The molecular weight excluding hydrogens is 566 g/mol. The summed E-state index contributed by atoms with van der Waals surface area (Å²) in [5.41, 5.74) is 0.789. The highest BCUT2D eigenvalue weighted by Gasteiger charge is 2.22. The maximum Gasteiger partial charge on any atom is 0.207 e. The van der Waals surface area contributed by atoms with Crippen molar-refractivity contribution in [2.45, 2.75) is 63.2 Å². The molecule has 0 aliphatic carbocycles. The van der Waals surface area contributed by atoms with Crippen LogP contribution in [0.3, 0.4) is 0 Å². The Hall–Kier alpha value is -3.51. The van der Waals surface area contributed by atoms with Crippen LogP contribution < -0.4 is 9.74 Å². The molecule has 2 N–H and O–H groups in total. The number of hydrogen-bond acceptors (Lipinski definition) is 10. The van der Waals surface area contributed by atoms with Crippen molar-refractivity contribution in [1.82, 2.24) is 20.1 Å². The van der Waals surface area contributed by atoms with Gasteiger partial charge in [-0.3, -0.25) is 0 Å². The van der Waals surface area contributed by atoms with E-state index in [4.69, 9.17) is 19.1 Å². The Morgan fingerprint density at radius 3 is 2.00 bits per heavy atom. The lowest BCUT2D eigenvalue weighted by Gasteiger charge is -2.27. The summed E-state index contributed by atoms with van der Waals surface area (Å²) in [4.78, 5) is 18.4. The number of fused-ring (bicyclic) bond motifs is 2. The first-order valence-corrected chi connectivity index (χ1v) is 16.4. The van der Waals surface area contributed by atoms with Crippen LogP contribution in [-0.4, -0.2) is 67.2 Å². The first-order valence-electron chi connectivity index (χ1n) is 15.3. The van der Waals surface area contributed by atoms with Crippen molar-refractivity contribution in [3.05, 3.63) is 48.5 Å². The van der Waals surface area contributed by atoms with E-state index in [1.54, 1.807) is 23.3 Å². The van der Waals surface area contributed by atoms with E-state index in [0.29, 0.717) is 45.2 Å². The lowest BCUT2D eigenvalue weighted by molar-refractivity contribution is -0.0706. The number of pyridine rings is 2. The Morgan fingerprint density at radius 1 is 0.767 bits per heavy atom. The Labute approximate surface area is 254 Å². The second kappa shape index (κ2) is 13.4. The third-order valence-corrected chi connectivity index (χ3v) is 9.12. The van der Waals surface area contributed by atoms with Crippen molar-refractivity contribution in [2.75, 3.05) is 37.6 Å². The van der Waals surface area contributed by atoms with E-state index in [1.807, 2.05) is 34.2 Å². The molecule has 0 saturated carbocycles. The fourth-order valence-electron chi connectivity index (χ4n) is 5.69. The third-order valence-electron chi connectivity index (χ3n) is 8.06. The highest BCUT2D eigenvalue weighted by molar-refractivity contribution is 7.80. The van der Waals surface area contributed by atoms with E-state index < -0.39 is 11.1 Å². The zero-order valence-corrected chi connectivity index (χ0v) is 25.4. The quantitative estimate of drug-likeness (QED) is 0.212. The molecule has 2 aromatic heterocycles. The molecule has 1 unspecified atom stereocenters. The second-order valence-electron chi connectivity index (χ2n) is 11.2. The van der Waals surface area contributed by atoms with Crippen LogP contribution in [0.5, 0.6) is 17.2 Å². The van der Waals surface area contributed by atoms with Gasteiger partial charge >= 0.3 is 0 Å². The van der Waals surface area contributed by atoms with Crippen LogP contribution in [-0.2, 0) is 15.4 Å². The molecule has 0 bridgehead atoms. The molecule has 228 valence electrons. The zero-order valence-electron chi connectivity index (χ0n) is 24.6. The van der Waals surface area contributed by atoms with E-state index in [1.165, 1.54) is 12.5 Å². The molecule has 0 spiro atoms. The van der Waals surface area contributed by atoms with Gasteiger partial charge in [0, 0.05) is 43.5 Å². The van der Waals surface area contributed by atoms with Crippen LogP contribution in [0.2, 0.25) is 0 Å². The van der Waals surface area contributed by atoms with Gasteiger partial charge in [-0.2, -0.15) is 9.35 Å². The van der Waals surface area contributed by atoms with Gasteiger partial charge in [-0.1, -0.05) is 26.2 Å². The van der Waals surface area contributed by atoms with Gasteiger partial charge in [-0.25, -0.2) is 14.2 Å². The Bertz CT molecular complexity index is 1610. The van der Waals surface area contributed by atoms with E-state index in [0.717, 1.165) is 76.5 Å². The summed E-state index contributed by atoms with van der Waals surface area (Å²) in [6.07, 6.45) is 8.42. The van der Waals surface area contributed by atoms with E-state index in [-0.39, 0.29) is 11.5 Å². The number of benzene rings is 2. The van der Waals surface area contributed by atoms with Crippen molar-refractivity contribution in [2.24, 2.45) is 0 Å². The minimum Gasteiger partial charge on any atom is -0.506 e. The Kier molecular flexibility index (Phi) is 9.22. The summed E-state index contributed by atoms with van der Waals surface area (Å²) in [6, 6.07) is 14.1. The van der Waals surface area contributed by atoms with Gasteiger partial charge < -0.3 is 20.0 Å². The van der Waals surface area contributed by atoms with Crippen LogP contribution in [0, 0.1) is 0 Å². The average Bonchev–Trinajstić information content (AvgIpc) is 3.04. The number of phenolic OH excluding ortho intramolecular Hbond substituents is 2. The molecule has 0 radical (unpaired) electrons. The van der Waals surface area contributed by atoms with E-state index >= 15 is 0 Å². The Balaban J connectivity index is 1.34. The SMILES string of the molecule is CCCCN(c1ccc2c(ON3CCCCC3)ccc(O)c2n1)c1ccc2c(S(=O)ON3CCCCC3)ccc(O)c2n1. The van der Waals surface area contributed by atoms with Crippen molar-refractivity contribution in [3.63, 3.8) is 0 Å². The fourth-order valence-corrected chi connectivity index (χ4v) is 6.64. The van der Waals surface area contributed by atoms with Crippen molar-refractivity contribution < 1.29 is 23.5 Å². The molecule has 4 heterocycles. The first-order chi connectivity index (χ1) is 21.0. The maximum atomic E-state index is 13.2. The van der Waals surface area contributed by atoms with Crippen molar-refractivity contribution in [1.29, 1.82) is 0 Å². The number of anilines is 2. The number of rotatable bonds is 10. The topological polar surface area (TPSA) is 111 Å². The molecule has 4 aromatic rings. The number of hydrogen-bond donors (Lipinski definition) is 2. The number of aromatic nitrogens is 2. The molecule has 10 nitrogen and oxygen atoms in total. The van der Waals surface area contributed by atoms with Gasteiger partial charge in [0.2, 0.25) is 11.1 Å². The van der Waals surface area contributed by atoms with Gasteiger partial charge in [-0.05, 0) is 80.6 Å². The molecular formula is C32H39N5O5S. The minimum absolute atomic E-state index is 0.00497. The fraction of sp³-hybridized carbons (Fsp3) is 0.438. The van der Waals surface area contributed by atoms with Crippen LogP contribution in [0.4, 0.5) is 11.6 Å². The normalized spacial score (nSPS) is 17.3. The predicted molar refractivity (Wildman–Crippen MR) is 168 cm³/mol. The number of nitrogens with zero attached hydrogens (tertiary/aromatic N) is 5. The first kappa shape index (κ1) is 29.6. The lowest BCUT2D eigenvalue weighted by atomic mass is 10.1. The third kappa shape index (κ3) is 6.54. The number of hydroxylamine groups is 4.